The number of nitrogens with two attached hydrogens (primary N) is 1. The highest BCUT2D eigenvalue weighted by Gasteiger charge is 2.34. The molecule has 0 fully saturated rings. The van der Waals surface area contributed by atoms with Crippen molar-refractivity contribution in [2.75, 3.05) is 12.3 Å². The maximum Gasteiger partial charge on any atom is 0.309 e. The first-order chi connectivity index (χ1) is 22.2. The number of thiazole rings is 1. The van der Waals surface area contributed by atoms with Crippen molar-refractivity contribution < 1.29 is 29.0 Å². The molecule has 0 aliphatic rings. The zero-order chi connectivity index (χ0) is 35.1. The summed E-state index contributed by atoms with van der Waals surface area (Å²) in [5, 5.41) is 14.9. The molecule has 262 valence electrons. The highest BCUT2D eigenvalue weighted by molar-refractivity contribution is 7.09. The van der Waals surface area contributed by atoms with E-state index in [2.05, 4.69) is 38.0 Å². The number of aromatic nitrogens is 1. The Kier molecular flexibility index (Phi) is 16.4. The van der Waals surface area contributed by atoms with E-state index in [4.69, 9.17) is 10.5 Å². The van der Waals surface area contributed by atoms with Crippen molar-refractivity contribution in [2.45, 2.75) is 131 Å². The molecule has 4 N–H and O–H groups in total. The number of nitrogens with zero attached hydrogens (tertiary/aromatic N) is 2. The van der Waals surface area contributed by atoms with Crippen LogP contribution in [0, 0.1) is 11.3 Å². The molecule has 0 spiro atoms. The number of esters is 1. The quantitative estimate of drug-likeness (QED) is 0.0716. The lowest BCUT2D eigenvalue weighted by Gasteiger charge is -2.36. The van der Waals surface area contributed by atoms with Gasteiger partial charge in [0.15, 0.2) is 6.10 Å². The van der Waals surface area contributed by atoms with Crippen LogP contribution in [0.15, 0.2) is 29.6 Å². The van der Waals surface area contributed by atoms with Crippen molar-refractivity contribution >= 4 is 40.8 Å². The number of carboxylic acid groups (broad SMARTS) is 1. The molecule has 0 radical (unpaired) electrons. The number of nitrogens with one attached hydrogen (secondary N) is 1. The first kappa shape index (κ1) is 39.7. The maximum absolute atomic E-state index is 13.5. The molecular weight excluding hydrogens is 616 g/mol. The standard InChI is InChI=1S/C36H56N4O6S/c1-8-10-12-13-19-40(32(42)14-11-9-2)30(24(3)4)21-31(46-25(5)41)34-39-29(23-47-34)33(43)38-28(22-36(6,7)35(44)45)20-26-15-17-27(37)18-16-26/h15-18,23-24,28,30-31H,8-14,19-22,37H2,1-7H3,(H,38,43)(H,44,45)/t28-,30?,31?/m0/s1. The predicted octanol–water partition coefficient (Wildman–Crippen LogP) is 7.19. The van der Waals surface area contributed by atoms with Gasteiger partial charge in [0.25, 0.3) is 5.91 Å². The molecule has 2 aromatic rings. The van der Waals surface area contributed by atoms with Gasteiger partial charge in [-0.2, -0.15) is 0 Å². The molecule has 11 heteroatoms. The van der Waals surface area contributed by atoms with Crippen LogP contribution in [0.2, 0.25) is 0 Å². The second kappa shape index (κ2) is 19.4. The fourth-order valence-corrected chi connectivity index (χ4v) is 6.49. The summed E-state index contributed by atoms with van der Waals surface area (Å²) in [6.45, 7) is 13.6. The minimum absolute atomic E-state index is 0.0965. The van der Waals surface area contributed by atoms with Crippen molar-refractivity contribution in [1.29, 1.82) is 0 Å². The van der Waals surface area contributed by atoms with Crippen molar-refractivity contribution in [3.63, 3.8) is 0 Å². The second-order valence-corrected chi connectivity index (χ2v) is 14.4. The average molecular weight is 673 g/mol. The Bertz CT molecular complexity index is 1290. The number of nitrogen functional groups attached to an aromatic ring is 1. The Morgan fingerprint density at radius 3 is 2.28 bits per heavy atom. The first-order valence-corrected chi connectivity index (χ1v) is 17.9. The Morgan fingerprint density at radius 1 is 1.04 bits per heavy atom. The predicted molar refractivity (Wildman–Crippen MR) is 187 cm³/mol. The molecule has 0 aliphatic carbocycles. The van der Waals surface area contributed by atoms with Gasteiger partial charge in [0.05, 0.1) is 5.41 Å². The van der Waals surface area contributed by atoms with E-state index in [1.165, 1.54) is 18.3 Å². The summed E-state index contributed by atoms with van der Waals surface area (Å²) in [6.07, 6.45) is 6.61. The summed E-state index contributed by atoms with van der Waals surface area (Å²) in [6, 6.07) is 6.58. The van der Waals surface area contributed by atoms with Gasteiger partial charge in [0, 0.05) is 49.5 Å². The van der Waals surface area contributed by atoms with Gasteiger partial charge in [-0.05, 0) is 63.1 Å². The van der Waals surface area contributed by atoms with E-state index in [1.807, 2.05) is 17.0 Å². The summed E-state index contributed by atoms with van der Waals surface area (Å²) in [5.74, 6) is -1.66. The molecule has 0 bridgehead atoms. The van der Waals surface area contributed by atoms with Crippen LogP contribution in [0.25, 0.3) is 0 Å². The number of unbranched alkanes of at least 4 members (excludes halogenated alkanes) is 4. The van der Waals surface area contributed by atoms with Gasteiger partial charge < -0.3 is 25.8 Å². The third kappa shape index (κ3) is 13.3. The highest BCUT2D eigenvalue weighted by Crippen LogP contribution is 2.32. The Hall–Kier alpha value is -3.47. The topological polar surface area (TPSA) is 152 Å². The fraction of sp³-hybridized carbons (Fsp3) is 0.639. The van der Waals surface area contributed by atoms with Gasteiger partial charge in [-0.3, -0.25) is 19.2 Å². The van der Waals surface area contributed by atoms with Crippen molar-refractivity contribution in [2.24, 2.45) is 11.3 Å². The molecule has 1 aromatic heterocycles. The van der Waals surface area contributed by atoms with E-state index in [0.29, 0.717) is 36.5 Å². The zero-order valence-electron chi connectivity index (χ0n) is 29.3. The minimum Gasteiger partial charge on any atom is -0.481 e. The number of ether oxygens (including phenoxy) is 1. The van der Waals surface area contributed by atoms with E-state index in [0.717, 1.165) is 44.1 Å². The largest absolute Gasteiger partial charge is 0.481 e. The van der Waals surface area contributed by atoms with Crippen LogP contribution in [-0.4, -0.2) is 57.4 Å². The molecule has 2 rings (SSSR count). The van der Waals surface area contributed by atoms with E-state index in [1.54, 1.807) is 31.4 Å². The molecule has 1 aromatic carbocycles. The fourth-order valence-electron chi connectivity index (χ4n) is 5.65. The Labute approximate surface area is 284 Å². The first-order valence-electron chi connectivity index (χ1n) is 17.0. The Morgan fingerprint density at radius 2 is 1.70 bits per heavy atom. The SMILES string of the molecule is CCCCCCN(C(=O)CCCC)C(CC(OC(C)=O)c1nc(C(=O)N[C@@H](Cc2ccc(N)cc2)CC(C)(C)C(=O)O)cs1)C(C)C. The van der Waals surface area contributed by atoms with Crippen LogP contribution in [0.4, 0.5) is 5.69 Å². The molecule has 47 heavy (non-hydrogen) atoms. The van der Waals surface area contributed by atoms with Crippen LogP contribution < -0.4 is 11.1 Å². The van der Waals surface area contributed by atoms with Crippen molar-refractivity contribution in [3.8, 4) is 0 Å². The molecule has 10 nitrogen and oxygen atoms in total. The zero-order valence-corrected chi connectivity index (χ0v) is 30.2. The summed E-state index contributed by atoms with van der Waals surface area (Å²) < 4.78 is 5.79. The number of hydrogen-bond donors (Lipinski definition) is 3. The molecule has 3 atom stereocenters. The summed E-state index contributed by atoms with van der Waals surface area (Å²) in [7, 11) is 0. The average Bonchev–Trinajstić information content (AvgIpc) is 3.50. The number of hydrogen-bond acceptors (Lipinski definition) is 8. The molecule has 2 unspecified atom stereocenters. The van der Waals surface area contributed by atoms with Gasteiger partial charge >= 0.3 is 11.9 Å². The molecule has 0 saturated heterocycles. The van der Waals surface area contributed by atoms with E-state index < -0.39 is 35.4 Å². The third-order valence-electron chi connectivity index (χ3n) is 8.41. The minimum atomic E-state index is -1.08. The smallest absolute Gasteiger partial charge is 0.309 e. The summed E-state index contributed by atoms with van der Waals surface area (Å²) in [4.78, 5) is 57.8. The number of carboxylic acids is 1. The number of aliphatic carboxylic acids is 1. The lowest BCUT2D eigenvalue weighted by atomic mass is 9.84. The van der Waals surface area contributed by atoms with Gasteiger partial charge in [0.1, 0.15) is 10.7 Å². The van der Waals surface area contributed by atoms with Gasteiger partial charge in [-0.1, -0.05) is 65.5 Å². The highest BCUT2D eigenvalue weighted by atomic mass is 32.1. The number of carbonyl (C=O) groups excluding carboxylic acids is 3. The monoisotopic (exact) mass is 672 g/mol. The van der Waals surface area contributed by atoms with Gasteiger partial charge in [0.2, 0.25) is 5.91 Å². The third-order valence-corrected chi connectivity index (χ3v) is 9.35. The van der Waals surface area contributed by atoms with E-state index in [-0.39, 0.29) is 30.0 Å². The van der Waals surface area contributed by atoms with E-state index in [9.17, 15) is 24.3 Å². The normalized spacial score (nSPS) is 13.5. The van der Waals surface area contributed by atoms with Gasteiger partial charge in [-0.15, -0.1) is 11.3 Å². The van der Waals surface area contributed by atoms with Crippen LogP contribution in [0.1, 0.15) is 133 Å². The maximum atomic E-state index is 13.5. The van der Waals surface area contributed by atoms with Crippen LogP contribution >= 0.6 is 11.3 Å². The Balaban J connectivity index is 2.33. The number of benzene rings is 1. The number of anilines is 1. The van der Waals surface area contributed by atoms with Gasteiger partial charge in [-0.25, -0.2) is 4.98 Å². The molecule has 0 aliphatic heterocycles. The van der Waals surface area contributed by atoms with E-state index >= 15 is 0 Å². The summed E-state index contributed by atoms with van der Waals surface area (Å²) in [5.41, 5.74) is 6.44. The molecule has 2 amide bonds. The lowest BCUT2D eigenvalue weighted by Crippen LogP contribution is -2.45. The van der Waals surface area contributed by atoms with Crippen molar-refractivity contribution in [1.82, 2.24) is 15.2 Å². The molecule has 1 heterocycles. The van der Waals surface area contributed by atoms with Crippen LogP contribution in [-0.2, 0) is 25.5 Å². The van der Waals surface area contributed by atoms with Crippen molar-refractivity contribution in [3.05, 3.63) is 45.9 Å². The molecule has 0 saturated carbocycles. The number of rotatable bonds is 21. The molecular formula is C36H56N4O6S. The number of carbonyl (C=O) groups is 4. The van der Waals surface area contributed by atoms with Crippen LogP contribution in [0.5, 0.6) is 0 Å². The number of amides is 2. The second-order valence-electron chi connectivity index (χ2n) is 13.5. The lowest BCUT2D eigenvalue weighted by molar-refractivity contribution is -0.149. The summed E-state index contributed by atoms with van der Waals surface area (Å²) >= 11 is 1.23. The van der Waals surface area contributed by atoms with Crippen LogP contribution in [0.3, 0.4) is 0 Å².